The number of carbonyl (C=O) groups is 1. The maximum absolute atomic E-state index is 11.8. The Kier molecular flexibility index (Phi) is 3.00. The Balaban J connectivity index is 1.58. The van der Waals surface area contributed by atoms with Crippen LogP contribution in [0.5, 0.6) is 0 Å². The second-order valence-electron chi connectivity index (χ2n) is 5.23. The fourth-order valence-corrected chi connectivity index (χ4v) is 2.16. The van der Waals surface area contributed by atoms with E-state index in [1.165, 1.54) is 0 Å². The third-order valence-electron chi connectivity index (χ3n) is 3.48. The lowest BCUT2D eigenvalue weighted by Crippen LogP contribution is -2.13. The molecular formula is C16H13N3O3. The second kappa shape index (κ2) is 5.14. The van der Waals surface area contributed by atoms with Crippen molar-refractivity contribution < 1.29 is 13.6 Å². The van der Waals surface area contributed by atoms with E-state index in [-0.39, 0.29) is 11.8 Å². The van der Waals surface area contributed by atoms with Gasteiger partial charge in [0.05, 0.1) is 6.26 Å². The number of amides is 1. The van der Waals surface area contributed by atoms with Crippen LogP contribution in [0.1, 0.15) is 12.8 Å². The van der Waals surface area contributed by atoms with Crippen LogP contribution in [0.25, 0.3) is 23.1 Å². The van der Waals surface area contributed by atoms with Crippen LogP contribution in [0.3, 0.4) is 0 Å². The van der Waals surface area contributed by atoms with Crippen molar-refractivity contribution in [3.8, 4) is 23.1 Å². The third-order valence-corrected chi connectivity index (χ3v) is 3.48. The number of hydrogen-bond donors (Lipinski definition) is 1. The highest BCUT2D eigenvalue weighted by molar-refractivity contribution is 5.94. The summed E-state index contributed by atoms with van der Waals surface area (Å²) in [4.78, 5) is 11.8. The lowest BCUT2D eigenvalue weighted by atomic mass is 10.2. The summed E-state index contributed by atoms with van der Waals surface area (Å²) in [5, 5.41) is 10.9. The number of rotatable bonds is 4. The number of carbonyl (C=O) groups excluding carboxylic acids is 1. The molecule has 0 saturated heterocycles. The molecule has 1 amide bonds. The van der Waals surface area contributed by atoms with Gasteiger partial charge in [-0.2, -0.15) is 0 Å². The van der Waals surface area contributed by atoms with Crippen LogP contribution >= 0.6 is 0 Å². The summed E-state index contributed by atoms with van der Waals surface area (Å²) < 4.78 is 10.8. The Bertz CT molecular complexity index is 804. The lowest BCUT2D eigenvalue weighted by Gasteiger charge is -2.04. The average Bonchev–Trinajstić information content (AvgIpc) is 3.04. The molecule has 0 bridgehead atoms. The van der Waals surface area contributed by atoms with Gasteiger partial charge in [0.15, 0.2) is 5.76 Å². The summed E-state index contributed by atoms with van der Waals surface area (Å²) in [6.07, 6.45) is 3.50. The van der Waals surface area contributed by atoms with Gasteiger partial charge in [0.1, 0.15) is 0 Å². The van der Waals surface area contributed by atoms with Crippen molar-refractivity contribution in [3.05, 3.63) is 42.7 Å². The Labute approximate surface area is 126 Å². The number of anilines is 1. The number of hydrogen-bond acceptors (Lipinski definition) is 5. The quantitative estimate of drug-likeness (QED) is 0.798. The Morgan fingerprint density at radius 1 is 1.14 bits per heavy atom. The molecule has 0 unspecified atom stereocenters. The molecule has 3 aromatic rings. The van der Waals surface area contributed by atoms with Crippen molar-refractivity contribution in [2.75, 3.05) is 5.32 Å². The van der Waals surface area contributed by atoms with Gasteiger partial charge in [0, 0.05) is 17.2 Å². The molecular weight excluding hydrogens is 282 g/mol. The molecule has 1 saturated carbocycles. The highest BCUT2D eigenvalue weighted by Crippen LogP contribution is 2.31. The van der Waals surface area contributed by atoms with Crippen molar-refractivity contribution in [3.63, 3.8) is 0 Å². The zero-order valence-electron chi connectivity index (χ0n) is 11.7. The van der Waals surface area contributed by atoms with E-state index < -0.39 is 0 Å². The molecule has 2 aromatic heterocycles. The van der Waals surface area contributed by atoms with Gasteiger partial charge in [-0.05, 0) is 43.2 Å². The summed E-state index contributed by atoms with van der Waals surface area (Å²) in [5.41, 5.74) is 1.48. The summed E-state index contributed by atoms with van der Waals surface area (Å²) in [6, 6.07) is 10.9. The fraction of sp³-hybridized carbons (Fsp3) is 0.188. The van der Waals surface area contributed by atoms with Crippen LogP contribution in [0, 0.1) is 5.92 Å². The molecule has 1 fully saturated rings. The molecule has 6 heteroatoms. The molecule has 0 radical (unpaired) electrons. The van der Waals surface area contributed by atoms with E-state index in [1.807, 2.05) is 24.3 Å². The van der Waals surface area contributed by atoms with Crippen LogP contribution in [-0.2, 0) is 4.79 Å². The zero-order valence-corrected chi connectivity index (χ0v) is 11.7. The average molecular weight is 295 g/mol. The molecule has 110 valence electrons. The normalized spacial score (nSPS) is 14.0. The SMILES string of the molecule is O=C(Nc1cccc(-c2nnc(-c3ccco3)o2)c1)C1CC1. The van der Waals surface area contributed by atoms with E-state index in [9.17, 15) is 4.79 Å². The topological polar surface area (TPSA) is 81.2 Å². The van der Waals surface area contributed by atoms with Crippen molar-refractivity contribution >= 4 is 11.6 Å². The smallest absolute Gasteiger partial charge is 0.283 e. The third kappa shape index (κ3) is 2.50. The van der Waals surface area contributed by atoms with E-state index in [2.05, 4.69) is 15.5 Å². The predicted octanol–water partition coefficient (Wildman–Crippen LogP) is 3.35. The van der Waals surface area contributed by atoms with E-state index >= 15 is 0 Å². The first-order valence-electron chi connectivity index (χ1n) is 7.08. The highest BCUT2D eigenvalue weighted by Gasteiger charge is 2.29. The first-order valence-corrected chi connectivity index (χ1v) is 7.08. The maximum Gasteiger partial charge on any atom is 0.283 e. The highest BCUT2D eigenvalue weighted by atomic mass is 16.4. The van der Waals surface area contributed by atoms with Crippen molar-refractivity contribution in [2.24, 2.45) is 5.92 Å². The van der Waals surface area contributed by atoms with Crippen LogP contribution in [0.2, 0.25) is 0 Å². The monoisotopic (exact) mass is 295 g/mol. The van der Waals surface area contributed by atoms with Crippen LogP contribution in [-0.4, -0.2) is 16.1 Å². The minimum Gasteiger partial charge on any atom is -0.459 e. The van der Waals surface area contributed by atoms with Gasteiger partial charge in [-0.25, -0.2) is 0 Å². The van der Waals surface area contributed by atoms with Gasteiger partial charge in [-0.1, -0.05) is 6.07 Å². The van der Waals surface area contributed by atoms with Gasteiger partial charge in [-0.15, -0.1) is 10.2 Å². The predicted molar refractivity (Wildman–Crippen MR) is 78.8 cm³/mol. The molecule has 2 heterocycles. The van der Waals surface area contributed by atoms with Crippen molar-refractivity contribution in [2.45, 2.75) is 12.8 Å². The van der Waals surface area contributed by atoms with E-state index in [1.54, 1.807) is 18.4 Å². The maximum atomic E-state index is 11.8. The van der Waals surface area contributed by atoms with Gasteiger partial charge in [-0.3, -0.25) is 4.79 Å². The first-order chi connectivity index (χ1) is 10.8. The van der Waals surface area contributed by atoms with Gasteiger partial charge < -0.3 is 14.2 Å². The van der Waals surface area contributed by atoms with E-state index in [0.717, 1.165) is 24.1 Å². The van der Waals surface area contributed by atoms with E-state index in [4.69, 9.17) is 8.83 Å². The molecule has 4 rings (SSSR count). The summed E-state index contributed by atoms with van der Waals surface area (Å²) >= 11 is 0. The second-order valence-corrected chi connectivity index (χ2v) is 5.23. The number of aromatic nitrogens is 2. The first kappa shape index (κ1) is 12.8. The molecule has 1 aliphatic rings. The number of furan rings is 1. The largest absolute Gasteiger partial charge is 0.459 e. The number of nitrogens with one attached hydrogen (secondary N) is 1. The Hall–Kier alpha value is -2.89. The van der Waals surface area contributed by atoms with Gasteiger partial charge in [0.2, 0.25) is 11.8 Å². The standard InChI is InChI=1S/C16H13N3O3/c20-14(10-6-7-10)17-12-4-1-3-11(9-12)15-18-19-16(22-15)13-5-2-8-21-13/h1-5,8-10H,6-7H2,(H,17,20). The van der Waals surface area contributed by atoms with Crippen molar-refractivity contribution in [1.29, 1.82) is 0 Å². The Morgan fingerprint density at radius 2 is 2.00 bits per heavy atom. The summed E-state index contributed by atoms with van der Waals surface area (Å²) in [7, 11) is 0. The minimum absolute atomic E-state index is 0.0685. The van der Waals surface area contributed by atoms with Crippen LogP contribution < -0.4 is 5.32 Å². The molecule has 0 atom stereocenters. The molecule has 1 aromatic carbocycles. The zero-order chi connectivity index (χ0) is 14.9. The fourth-order valence-electron chi connectivity index (χ4n) is 2.16. The van der Waals surface area contributed by atoms with Crippen molar-refractivity contribution in [1.82, 2.24) is 10.2 Å². The molecule has 1 aliphatic carbocycles. The minimum atomic E-state index is 0.0685. The Morgan fingerprint density at radius 3 is 2.77 bits per heavy atom. The van der Waals surface area contributed by atoms with E-state index in [0.29, 0.717) is 17.5 Å². The molecule has 22 heavy (non-hydrogen) atoms. The summed E-state index contributed by atoms with van der Waals surface area (Å²) in [6.45, 7) is 0. The lowest BCUT2D eigenvalue weighted by molar-refractivity contribution is -0.117. The molecule has 0 aliphatic heterocycles. The molecule has 0 spiro atoms. The summed E-state index contributed by atoms with van der Waals surface area (Å²) in [5.74, 6) is 1.47. The van der Waals surface area contributed by atoms with Gasteiger partial charge >= 0.3 is 0 Å². The number of benzene rings is 1. The van der Waals surface area contributed by atoms with Crippen LogP contribution in [0.4, 0.5) is 5.69 Å². The molecule has 1 N–H and O–H groups in total. The number of nitrogens with zero attached hydrogens (tertiary/aromatic N) is 2. The molecule has 6 nitrogen and oxygen atoms in total. The van der Waals surface area contributed by atoms with Gasteiger partial charge in [0.25, 0.3) is 5.89 Å². The van der Waals surface area contributed by atoms with Crippen LogP contribution in [0.15, 0.2) is 51.5 Å².